The molecule has 0 N–H and O–H groups in total. The molecular weight excluding hydrogens is 1220 g/mol. The van der Waals surface area contributed by atoms with E-state index in [1.165, 1.54) is 81.4 Å². The number of aryl methyl sites for hydroxylation is 1. The zero-order valence-corrected chi connectivity index (χ0v) is 54.1. The Balaban J connectivity index is 0.928. The van der Waals surface area contributed by atoms with Crippen LogP contribution in [-0.2, 0) is 6.42 Å². The summed E-state index contributed by atoms with van der Waals surface area (Å²) in [5.41, 5.74) is 18.7. The molecule has 0 saturated heterocycles. The maximum Gasteiger partial charge on any atom is 0.164 e. The van der Waals surface area contributed by atoms with Crippen molar-refractivity contribution >= 4 is 147 Å². The Labute approximate surface area is 573 Å². The standard InChI is InChI=1S/C93H57N7/c1-3-25-62(26-4-1)91-94-92(65-36-35-56-19-7-9-27-63(56)51-65)96-93(95-91)66-53-69(55-70(54-66)100-86-72-32-16-12-22-59(72)39-44-76(86)78-47-49-81-83(90(78)100)79-45-40-60-23-13-17-33-73(60)87(79)97(81)67-29-5-2-6-30-67)98-82-50-48-77-75-43-38-58-21-11-15-31-71(58)85(75)99(68-42-37-57-20-8-10-28-64(57)52-68)89(77)84(82)80-46-41-61-24-14-18-34-74(61)88(80)98/h1-16,18-32,34-55H,17,33H2. The summed E-state index contributed by atoms with van der Waals surface area (Å²) in [6.45, 7) is 0. The third-order valence-corrected chi connectivity index (χ3v) is 21.5. The third kappa shape index (κ3) is 8.00. The Morgan fingerprint density at radius 1 is 0.240 bits per heavy atom. The van der Waals surface area contributed by atoms with E-state index in [9.17, 15) is 0 Å². The molecule has 1 aliphatic rings. The van der Waals surface area contributed by atoms with Crippen LogP contribution in [0, 0.1) is 0 Å². The second kappa shape index (κ2) is 21.1. The molecule has 0 unspecified atom stereocenters. The van der Waals surface area contributed by atoms with E-state index in [1.54, 1.807) is 0 Å². The third-order valence-electron chi connectivity index (χ3n) is 21.5. The minimum Gasteiger partial charge on any atom is -0.309 e. The molecule has 7 nitrogen and oxygen atoms in total. The smallest absolute Gasteiger partial charge is 0.164 e. The Morgan fingerprint density at radius 2 is 0.670 bits per heavy atom. The quantitative estimate of drug-likeness (QED) is 0.160. The molecular formula is C93H57N7. The highest BCUT2D eigenvalue weighted by atomic mass is 15.1. The van der Waals surface area contributed by atoms with Gasteiger partial charge >= 0.3 is 0 Å². The van der Waals surface area contributed by atoms with Gasteiger partial charge in [-0.2, -0.15) is 0 Å². The van der Waals surface area contributed by atoms with Crippen LogP contribution in [0.5, 0.6) is 0 Å². The van der Waals surface area contributed by atoms with Crippen LogP contribution in [-0.4, -0.2) is 33.2 Å². The number of rotatable bonds is 7. The highest BCUT2D eigenvalue weighted by Crippen LogP contribution is 2.50. The molecule has 21 aromatic rings. The van der Waals surface area contributed by atoms with Gasteiger partial charge in [-0.15, -0.1) is 0 Å². The van der Waals surface area contributed by atoms with E-state index in [2.05, 4.69) is 334 Å². The Hall–Kier alpha value is -13.2. The lowest BCUT2D eigenvalue weighted by Gasteiger charge is -2.17. The Kier molecular flexibility index (Phi) is 11.6. The molecule has 0 amide bonds. The van der Waals surface area contributed by atoms with Gasteiger partial charge in [-0.1, -0.05) is 261 Å². The van der Waals surface area contributed by atoms with Crippen LogP contribution in [0.25, 0.3) is 204 Å². The van der Waals surface area contributed by atoms with E-state index in [0.29, 0.717) is 17.5 Å². The maximum absolute atomic E-state index is 5.67. The summed E-state index contributed by atoms with van der Waals surface area (Å²) in [4.78, 5) is 16.7. The Bertz CT molecular complexity index is 7140. The van der Waals surface area contributed by atoms with Crippen molar-refractivity contribution in [3.05, 3.63) is 327 Å². The monoisotopic (exact) mass is 1270 g/mol. The lowest BCUT2D eigenvalue weighted by Crippen LogP contribution is -2.04. The van der Waals surface area contributed by atoms with Crippen LogP contribution < -0.4 is 0 Å². The summed E-state index contributed by atoms with van der Waals surface area (Å²) in [6.07, 6.45) is 6.58. The van der Waals surface area contributed by atoms with E-state index in [4.69, 9.17) is 15.0 Å². The van der Waals surface area contributed by atoms with E-state index in [0.717, 1.165) is 123 Å². The number of hydrogen-bond donors (Lipinski definition) is 0. The van der Waals surface area contributed by atoms with Crippen molar-refractivity contribution in [1.29, 1.82) is 0 Å². The minimum atomic E-state index is 0.563. The van der Waals surface area contributed by atoms with Crippen LogP contribution in [0.2, 0.25) is 0 Å². The summed E-state index contributed by atoms with van der Waals surface area (Å²) < 4.78 is 10.3. The second-order valence-electron chi connectivity index (χ2n) is 26.9. The van der Waals surface area contributed by atoms with Crippen molar-refractivity contribution in [3.63, 3.8) is 0 Å². The van der Waals surface area contributed by atoms with Gasteiger partial charge in [0.1, 0.15) is 0 Å². The maximum atomic E-state index is 5.67. The van der Waals surface area contributed by atoms with Gasteiger partial charge in [0.05, 0.1) is 44.1 Å². The SMILES string of the molecule is C1=Cc2ccc3c4c(ccc5c6ccc7ccccc7c6n(-c6cc(-c7nc(-c8ccccc8)nc(-c8ccc9ccccc9c8)n7)cc(-n7c8ccc9c%10ccc%11ccccc%11c%10n(-c%10ccc%11ccccc%11c%10)c9c8c8ccc9ccccc9c87)c6)c54)n(-c4ccccc4)c3c2CC1. The molecule has 0 radical (unpaired) electrons. The Morgan fingerprint density at radius 3 is 1.29 bits per heavy atom. The van der Waals surface area contributed by atoms with Crippen LogP contribution >= 0.6 is 0 Å². The average Bonchev–Trinajstić information content (AvgIpc) is 1.54. The summed E-state index contributed by atoms with van der Waals surface area (Å²) in [5.74, 6) is 1.75. The summed E-state index contributed by atoms with van der Waals surface area (Å²) in [5, 5.41) is 21.2. The number of allylic oxidation sites excluding steroid dienone is 1. The molecule has 5 aromatic heterocycles. The molecule has 22 rings (SSSR count). The van der Waals surface area contributed by atoms with Gasteiger partial charge in [0.2, 0.25) is 0 Å². The van der Waals surface area contributed by atoms with E-state index in [1.807, 2.05) is 6.07 Å². The molecule has 0 bridgehead atoms. The number of aromatic nitrogens is 7. The van der Waals surface area contributed by atoms with Crippen LogP contribution in [0.1, 0.15) is 17.5 Å². The first-order chi connectivity index (χ1) is 49.6. The lowest BCUT2D eigenvalue weighted by atomic mass is 9.94. The molecule has 7 heteroatoms. The number of benzene rings is 16. The van der Waals surface area contributed by atoms with Crippen LogP contribution in [0.4, 0.5) is 0 Å². The zero-order valence-electron chi connectivity index (χ0n) is 54.1. The zero-order chi connectivity index (χ0) is 65.3. The molecule has 16 aromatic carbocycles. The molecule has 0 saturated carbocycles. The molecule has 0 spiro atoms. The normalized spacial score (nSPS) is 12.7. The fourth-order valence-electron chi connectivity index (χ4n) is 17.1. The van der Waals surface area contributed by atoms with Crippen LogP contribution in [0.15, 0.2) is 315 Å². The molecule has 0 atom stereocenters. The molecule has 1 aliphatic carbocycles. The minimum absolute atomic E-state index is 0.563. The van der Waals surface area contributed by atoms with Gasteiger partial charge in [-0.05, 0) is 122 Å². The van der Waals surface area contributed by atoms with Crippen molar-refractivity contribution in [1.82, 2.24) is 33.2 Å². The first kappa shape index (κ1) is 55.0. The van der Waals surface area contributed by atoms with Gasteiger partial charge in [-0.25, -0.2) is 15.0 Å². The van der Waals surface area contributed by atoms with Gasteiger partial charge in [0, 0.05) is 98.7 Å². The fourth-order valence-corrected chi connectivity index (χ4v) is 17.1. The molecule has 5 heterocycles. The molecule has 0 aliphatic heterocycles. The molecule has 0 fully saturated rings. The van der Waals surface area contributed by atoms with Gasteiger partial charge in [-0.3, -0.25) is 0 Å². The molecule has 464 valence electrons. The lowest BCUT2D eigenvalue weighted by molar-refractivity contribution is 0.984. The van der Waals surface area contributed by atoms with Gasteiger partial charge in [0.15, 0.2) is 17.5 Å². The summed E-state index contributed by atoms with van der Waals surface area (Å²) >= 11 is 0. The highest BCUT2D eigenvalue weighted by Gasteiger charge is 2.29. The number of para-hydroxylation sites is 1. The topological polar surface area (TPSA) is 58.4 Å². The fraction of sp³-hybridized carbons (Fsp3) is 0.0215. The summed E-state index contributed by atoms with van der Waals surface area (Å²) in [7, 11) is 0. The first-order valence-electron chi connectivity index (χ1n) is 34.5. The van der Waals surface area contributed by atoms with Gasteiger partial charge in [0.25, 0.3) is 0 Å². The van der Waals surface area contributed by atoms with Crippen molar-refractivity contribution in [2.75, 3.05) is 0 Å². The predicted octanol–water partition coefficient (Wildman–Crippen LogP) is 24.0. The van der Waals surface area contributed by atoms with Crippen molar-refractivity contribution in [3.8, 4) is 56.9 Å². The average molecular weight is 1270 g/mol. The molecule has 100 heavy (non-hydrogen) atoms. The van der Waals surface area contributed by atoms with Crippen molar-refractivity contribution in [2.24, 2.45) is 0 Å². The van der Waals surface area contributed by atoms with E-state index >= 15 is 0 Å². The van der Waals surface area contributed by atoms with Crippen molar-refractivity contribution in [2.45, 2.75) is 12.8 Å². The van der Waals surface area contributed by atoms with Crippen LogP contribution in [0.3, 0.4) is 0 Å². The number of hydrogen-bond acceptors (Lipinski definition) is 3. The predicted molar refractivity (Wildman–Crippen MR) is 418 cm³/mol. The highest BCUT2D eigenvalue weighted by molar-refractivity contribution is 6.32. The summed E-state index contributed by atoms with van der Waals surface area (Å²) in [6, 6.07) is 114. The van der Waals surface area contributed by atoms with Gasteiger partial charge < -0.3 is 18.3 Å². The number of nitrogens with zero attached hydrogens (tertiary/aromatic N) is 7. The largest absolute Gasteiger partial charge is 0.309 e. The first-order valence-corrected chi connectivity index (χ1v) is 34.5. The number of fused-ring (bicyclic) bond motifs is 24. The van der Waals surface area contributed by atoms with Crippen molar-refractivity contribution < 1.29 is 0 Å². The van der Waals surface area contributed by atoms with E-state index in [-0.39, 0.29) is 0 Å². The second-order valence-corrected chi connectivity index (χ2v) is 26.9. The van der Waals surface area contributed by atoms with E-state index < -0.39 is 0 Å².